The Hall–Kier alpha value is -1.06. The predicted octanol–water partition coefficient (Wildman–Crippen LogP) is 0.713. The van der Waals surface area contributed by atoms with Crippen molar-refractivity contribution >= 4 is 5.95 Å². The number of aromatic amines is 1. The highest BCUT2D eigenvalue weighted by Gasteiger charge is 2.15. The van der Waals surface area contributed by atoms with Crippen LogP contribution in [-0.4, -0.2) is 28.3 Å². The van der Waals surface area contributed by atoms with Crippen LogP contribution in [0, 0.1) is 6.92 Å². The molecule has 2 heterocycles. The van der Waals surface area contributed by atoms with Crippen LogP contribution in [-0.2, 0) is 0 Å². The van der Waals surface area contributed by atoms with Gasteiger partial charge in [-0.05, 0) is 19.8 Å². The SMILES string of the molecule is Cc1nc(N2CCCC2)n[nH]1. The van der Waals surface area contributed by atoms with Gasteiger partial charge in [-0.2, -0.15) is 4.98 Å². The normalized spacial score (nSPS) is 17.7. The van der Waals surface area contributed by atoms with E-state index >= 15 is 0 Å². The van der Waals surface area contributed by atoms with Crippen LogP contribution in [0.2, 0.25) is 0 Å². The number of aryl methyl sites for hydroxylation is 1. The molecule has 4 nitrogen and oxygen atoms in total. The summed E-state index contributed by atoms with van der Waals surface area (Å²) < 4.78 is 0. The number of rotatable bonds is 1. The Labute approximate surface area is 65.6 Å². The van der Waals surface area contributed by atoms with Gasteiger partial charge in [0.05, 0.1) is 0 Å². The number of aromatic nitrogens is 3. The monoisotopic (exact) mass is 152 g/mol. The maximum absolute atomic E-state index is 4.25. The summed E-state index contributed by atoms with van der Waals surface area (Å²) in [5.74, 6) is 1.76. The number of H-pyrrole nitrogens is 1. The van der Waals surface area contributed by atoms with Crippen LogP contribution < -0.4 is 4.90 Å². The van der Waals surface area contributed by atoms with Gasteiger partial charge in [0.2, 0.25) is 5.95 Å². The van der Waals surface area contributed by atoms with Crippen LogP contribution >= 0.6 is 0 Å². The van der Waals surface area contributed by atoms with Gasteiger partial charge in [0.1, 0.15) is 5.82 Å². The Balaban J connectivity index is 2.15. The molecule has 0 spiro atoms. The standard InChI is InChI=1S/C7H12N4/c1-6-8-7(10-9-6)11-4-2-3-5-11/h2-5H2,1H3,(H,8,9,10). The lowest BCUT2D eigenvalue weighted by molar-refractivity contribution is 0.903. The average Bonchev–Trinajstić information content (AvgIpc) is 2.55. The summed E-state index contributed by atoms with van der Waals surface area (Å²) in [5, 5.41) is 6.93. The topological polar surface area (TPSA) is 44.8 Å². The molecule has 0 aliphatic carbocycles. The Morgan fingerprint density at radius 3 is 2.64 bits per heavy atom. The molecule has 0 unspecified atom stereocenters. The number of hydrogen-bond donors (Lipinski definition) is 1. The fourth-order valence-corrected chi connectivity index (χ4v) is 1.39. The summed E-state index contributed by atoms with van der Waals surface area (Å²) in [6.07, 6.45) is 2.54. The lowest BCUT2D eigenvalue weighted by Crippen LogP contribution is -2.18. The minimum Gasteiger partial charge on any atom is -0.340 e. The van der Waals surface area contributed by atoms with Gasteiger partial charge in [0.25, 0.3) is 0 Å². The zero-order chi connectivity index (χ0) is 7.68. The third-order valence-corrected chi connectivity index (χ3v) is 1.97. The number of nitrogens with zero attached hydrogens (tertiary/aromatic N) is 3. The Morgan fingerprint density at radius 1 is 1.36 bits per heavy atom. The first kappa shape index (κ1) is 6.64. The molecule has 1 aromatic heterocycles. The van der Waals surface area contributed by atoms with Crippen LogP contribution in [0.4, 0.5) is 5.95 Å². The minimum absolute atomic E-state index is 0.861. The first-order chi connectivity index (χ1) is 5.36. The first-order valence-electron chi connectivity index (χ1n) is 4.00. The third-order valence-electron chi connectivity index (χ3n) is 1.97. The van der Waals surface area contributed by atoms with Crippen molar-refractivity contribution in [3.8, 4) is 0 Å². The van der Waals surface area contributed by atoms with Gasteiger partial charge < -0.3 is 4.90 Å². The van der Waals surface area contributed by atoms with E-state index in [9.17, 15) is 0 Å². The zero-order valence-corrected chi connectivity index (χ0v) is 6.67. The predicted molar refractivity (Wildman–Crippen MR) is 42.6 cm³/mol. The van der Waals surface area contributed by atoms with Crippen molar-refractivity contribution in [1.82, 2.24) is 15.2 Å². The van der Waals surface area contributed by atoms with Crippen LogP contribution in [0.3, 0.4) is 0 Å². The highest BCUT2D eigenvalue weighted by molar-refractivity contribution is 5.29. The highest BCUT2D eigenvalue weighted by Crippen LogP contribution is 2.14. The quantitative estimate of drug-likeness (QED) is 0.644. The second kappa shape index (κ2) is 2.53. The van der Waals surface area contributed by atoms with Crippen molar-refractivity contribution in [3.05, 3.63) is 5.82 Å². The summed E-state index contributed by atoms with van der Waals surface area (Å²) in [6.45, 7) is 4.14. The van der Waals surface area contributed by atoms with Crippen molar-refractivity contribution < 1.29 is 0 Å². The molecule has 1 aliphatic heterocycles. The summed E-state index contributed by atoms with van der Waals surface area (Å²) in [7, 11) is 0. The molecule has 0 radical (unpaired) electrons. The summed E-state index contributed by atoms with van der Waals surface area (Å²) in [5.41, 5.74) is 0. The molecule has 2 rings (SSSR count). The van der Waals surface area contributed by atoms with E-state index in [0.717, 1.165) is 24.9 Å². The van der Waals surface area contributed by atoms with E-state index in [1.54, 1.807) is 0 Å². The Kier molecular flexibility index (Phi) is 1.52. The second-order valence-corrected chi connectivity index (χ2v) is 2.91. The smallest absolute Gasteiger partial charge is 0.244 e. The minimum atomic E-state index is 0.861. The van der Waals surface area contributed by atoms with Crippen molar-refractivity contribution in [1.29, 1.82) is 0 Å². The van der Waals surface area contributed by atoms with Crippen LogP contribution in [0.25, 0.3) is 0 Å². The Morgan fingerprint density at radius 2 is 2.09 bits per heavy atom. The van der Waals surface area contributed by atoms with Crippen LogP contribution in [0.1, 0.15) is 18.7 Å². The van der Waals surface area contributed by atoms with Gasteiger partial charge in [-0.3, -0.25) is 5.10 Å². The van der Waals surface area contributed by atoms with E-state index in [2.05, 4.69) is 20.1 Å². The fourth-order valence-electron chi connectivity index (χ4n) is 1.39. The van der Waals surface area contributed by atoms with Gasteiger partial charge in [-0.1, -0.05) is 0 Å². The van der Waals surface area contributed by atoms with Gasteiger partial charge >= 0.3 is 0 Å². The second-order valence-electron chi connectivity index (χ2n) is 2.91. The third kappa shape index (κ3) is 1.20. The molecule has 0 aromatic carbocycles. The number of nitrogens with one attached hydrogen (secondary N) is 1. The van der Waals surface area contributed by atoms with Gasteiger partial charge in [0.15, 0.2) is 0 Å². The molecule has 11 heavy (non-hydrogen) atoms. The van der Waals surface area contributed by atoms with E-state index in [-0.39, 0.29) is 0 Å². The van der Waals surface area contributed by atoms with Crippen LogP contribution in [0.5, 0.6) is 0 Å². The maximum Gasteiger partial charge on any atom is 0.244 e. The number of anilines is 1. The molecular formula is C7H12N4. The molecule has 1 aliphatic rings. The van der Waals surface area contributed by atoms with E-state index in [1.807, 2.05) is 6.92 Å². The molecule has 4 heteroatoms. The zero-order valence-electron chi connectivity index (χ0n) is 6.67. The molecular weight excluding hydrogens is 140 g/mol. The summed E-state index contributed by atoms with van der Waals surface area (Å²) >= 11 is 0. The van der Waals surface area contributed by atoms with Gasteiger partial charge in [0, 0.05) is 13.1 Å². The fraction of sp³-hybridized carbons (Fsp3) is 0.714. The first-order valence-corrected chi connectivity index (χ1v) is 4.00. The van der Waals surface area contributed by atoms with Crippen LogP contribution in [0.15, 0.2) is 0 Å². The van der Waals surface area contributed by atoms with Crippen molar-refractivity contribution in [2.24, 2.45) is 0 Å². The lowest BCUT2D eigenvalue weighted by atomic mass is 10.4. The number of hydrogen-bond acceptors (Lipinski definition) is 3. The molecule has 1 fully saturated rings. The lowest BCUT2D eigenvalue weighted by Gasteiger charge is -2.10. The van der Waals surface area contributed by atoms with Gasteiger partial charge in [-0.25, -0.2) is 0 Å². The largest absolute Gasteiger partial charge is 0.340 e. The average molecular weight is 152 g/mol. The molecule has 60 valence electrons. The Bertz CT molecular complexity index is 236. The van der Waals surface area contributed by atoms with E-state index in [0.29, 0.717) is 0 Å². The molecule has 1 N–H and O–H groups in total. The van der Waals surface area contributed by atoms with Crippen molar-refractivity contribution in [2.75, 3.05) is 18.0 Å². The summed E-state index contributed by atoms with van der Waals surface area (Å²) in [4.78, 5) is 6.46. The molecule has 0 saturated carbocycles. The summed E-state index contributed by atoms with van der Waals surface area (Å²) in [6, 6.07) is 0. The molecule has 0 amide bonds. The molecule has 1 aromatic rings. The molecule has 0 bridgehead atoms. The molecule has 1 saturated heterocycles. The van der Waals surface area contributed by atoms with Crippen molar-refractivity contribution in [3.63, 3.8) is 0 Å². The highest BCUT2D eigenvalue weighted by atomic mass is 15.4. The van der Waals surface area contributed by atoms with E-state index in [4.69, 9.17) is 0 Å². The van der Waals surface area contributed by atoms with E-state index in [1.165, 1.54) is 12.8 Å². The maximum atomic E-state index is 4.25. The molecule has 0 atom stereocenters. The van der Waals surface area contributed by atoms with E-state index < -0.39 is 0 Å². The van der Waals surface area contributed by atoms with Crippen molar-refractivity contribution in [2.45, 2.75) is 19.8 Å². The van der Waals surface area contributed by atoms with Gasteiger partial charge in [-0.15, -0.1) is 5.10 Å².